The number of piperidine rings is 1. The summed E-state index contributed by atoms with van der Waals surface area (Å²) in [6, 6.07) is 0. The van der Waals surface area contributed by atoms with Crippen LogP contribution in [0.2, 0.25) is 0 Å². The van der Waals surface area contributed by atoms with E-state index in [1.165, 1.54) is 0 Å². The van der Waals surface area contributed by atoms with Gasteiger partial charge in [0.25, 0.3) is 0 Å². The molecule has 1 aliphatic heterocycles. The van der Waals surface area contributed by atoms with Gasteiger partial charge in [0.2, 0.25) is 5.91 Å². The summed E-state index contributed by atoms with van der Waals surface area (Å²) >= 11 is 0. The Morgan fingerprint density at radius 3 is 2.44 bits per heavy atom. The molecule has 92 valence electrons. The van der Waals surface area contributed by atoms with Gasteiger partial charge in [0.1, 0.15) is 0 Å². The predicted octanol–water partition coefficient (Wildman–Crippen LogP) is 0.295. The van der Waals surface area contributed by atoms with E-state index in [0.29, 0.717) is 6.54 Å². The SMILES string of the molecule is CC(CN1CCC(CC(=O)O)CC1)C(N)=O. The van der Waals surface area contributed by atoms with Crippen LogP contribution in [-0.4, -0.2) is 41.5 Å². The molecule has 3 N–H and O–H groups in total. The third kappa shape index (κ3) is 4.18. The average molecular weight is 228 g/mol. The second kappa shape index (κ2) is 5.84. The molecule has 1 heterocycles. The number of likely N-dealkylation sites (tertiary alicyclic amines) is 1. The molecular formula is C11H20N2O3. The number of nitrogens with zero attached hydrogens (tertiary/aromatic N) is 1. The second-order valence-corrected chi connectivity index (χ2v) is 4.65. The lowest BCUT2D eigenvalue weighted by atomic mass is 9.93. The van der Waals surface area contributed by atoms with Crippen molar-refractivity contribution in [2.45, 2.75) is 26.2 Å². The van der Waals surface area contributed by atoms with E-state index in [1.807, 2.05) is 6.92 Å². The van der Waals surface area contributed by atoms with Crippen molar-refractivity contribution >= 4 is 11.9 Å². The lowest BCUT2D eigenvalue weighted by molar-refractivity contribution is -0.138. The number of carbonyl (C=O) groups is 2. The van der Waals surface area contributed by atoms with E-state index in [1.54, 1.807) is 0 Å². The fourth-order valence-electron chi connectivity index (χ4n) is 2.10. The third-order valence-electron chi connectivity index (χ3n) is 3.19. The summed E-state index contributed by atoms with van der Waals surface area (Å²) in [7, 11) is 0. The molecule has 5 nitrogen and oxygen atoms in total. The maximum atomic E-state index is 10.9. The number of nitrogens with two attached hydrogens (primary N) is 1. The number of aliphatic carboxylic acids is 1. The molecule has 1 saturated heterocycles. The molecule has 0 aromatic carbocycles. The van der Waals surface area contributed by atoms with E-state index in [2.05, 4.69) is 4.90 Å². The number of carbonyl (C=O) groups excluding carboxylic acids is 1. The minimum atomic E-state index is -0.719. The van der Waals surface area contributed by atoms with Gasteiger partial charge in [-0.1, -0.05) is 6.92 Å². The van der Waals surface area contributed by atoms with Gasteiger partial charge in [0, 0.05) is 18.9 Å². The molecule has 0 bridgehead atoms. The highest BCUT2D eigenvalue weighted by atomic mass is 16.4. The number of amides is 1. The van der Waals surface area contributed by atoms with Crippen molar-refractivity contribution in [1.29, 1.82) is 0 Å². The zero-order chi connectivity index (χ0) is 12.1. The van der Waals surface area contributed by atoms with Crippen LogP contribution in [0.4, 0.5) is 0 Å². The van der Waals surface area contributed by atoms with Crippen molar-refractivity contribution in [3.8, 4) is 0 Å². The smallest absolute Gasteiger partial charge is 0.303 e. The minimum absolute atomic E-state index is 0.129. The van der Waals surface area contributed by atoms with Crippen LogP contribution in [-0.2, 0) is 9.59 Å². The number of carboxylic acid groups (broad SMARTS) is 1. The molecule has 1 fully saturated rings. The van der Waals surface area contributed by atoms with Gasteiger partial charge in [-0.15, -0.1) is 0 Å². The van der Waals surface area contributed by atoms with Crippen LogP contribution in [0.3, 0.4) is 0 Å². The quantitative estimate of drug-likeness (QED) is 0.708. The molecule has 0 radical (unpaired) electrons. The molecule has 0 aromatic rings. The van der Waals surface area contributed by atoms with Crippen LogP contribution in [0.1, 0.15) is 26.2 Å². The zero-order valence-electron chi connectivity index (χ0n) is 9.69. The van der Waals surface area contributed by atoms with Crippen LogP contribution < -0.4 is 5.73 Å². The first kappa shape index (κ1) is 13.0. The monoisotopic (exact) mass is 228 g/mol. The Hall–Kier alpha value is -1.10. The first-order valence-electron chi connectivity index (χ1n) is 5.72. The first-order valence-corrected chi connectivity index (χ1v) is 5.72. The van der Waals surface area contributed by atoms with Crippen molar-refractivity contribution in [2.24, 2.45) is 17.6 Å². The largest absolute Gasteiger partial charge is 0.481 e. The zero-order valence-corrected chi connectivity index (χ0v) is 9.69. The van der Waals surface area contributed by atoms with Crippen LogP contribution in [0.15, 0.2) is 0 Å². The fraction of sp³-hybridized carbons (Fsp3) is 0.818. The summed E-state index contributed by atoms with van der Waals surface area (Å²) in [5.74, 6) is -0.828. The van der Waals surface area contributed by atoms with Gasteiger partial charge in [0.15, 0.2) is 0 Å². The number of rotatable bonds is 5. The van der Waals surface area contributed by atoms with Crippen LogP contribution in [0.5, 0.6) is 0 Å². The van der Waals surface area contributed by atoms with E-state index in [9.17, 15) is 9.59 Å². The van der Waals surface area contributed by atoms with Gasteiger partial charge in [-0.3, -0.25) is 9.59 Å². The molecule has 1 aliphatic rings. The van der Waals surface area contributed by atoms with Crippen molar-refractivity contribution in [3.63, 3.8) is 0 Å². The van der Waals surface area contributed by atoms with Crippen molar-refractivity contribution < 1.29 is 14.7 Å². The number of hydrogen-bond donors (Lipinski definition) is 2. The van der Waals surface area contributed by atoms with E-state index in [4.69, 9.17) is 10.8 Å². The van der Waals surface area contributed by atoms with Crippen molar-refractivity contribution in [1.82, 2.24) is 4.90 Å². The predicted molar refractivity (Wildman–Crippen MR) is 59.8 cm³/mol. The van der Waals surface area contributed by atoms with Crippen LogP contribution in [0, 0.1) is 11.8 Å². The molecule has 1 rings (SSSR count). The Bertz CT molecular complexity index is 260. The summed E-state index contributed by atoms with van der Waals surface area (Å²) in [6.07, 6.45) is 2.06. The van der Waals surface area contributed by atoms with Crippen LogP contribution >= 0.6 is 0 Å². The number of hydrogen-bond acceptors (Lipinski definition) is 3. The van der Waals surface area contributed by atoms with E-state index >= 15 is 0 Å². The van der Waals surface area contributed by atoms with Crippen molar-refractivity contribution in [2.75, 3.05) is 19.6 Å². The highest BCUT2D eigenvalue weighted by Gasteiger charge is 2.23. The molecule has 16 heavy (non-hydrogen) atoms. The average Bonchev–Trinajstić information content (AvgIpc) is 2.20. The molecule has 0 aliphatic carbocycles. The number of carboxylic acids is 1. The molecular weight excluding hydrogens is 208 g/mol. The first-order chi connectivity index (χ1) is 7.49. The topological polar surface area (TPSA) is 83.6 Å². The Morgan fingerprint density at radius 1 is 1.44 bits per heavy atom. The van der Waals surface area contributed by atoms with Gasteiger partial charge >= 0.3 is 5.97 Å². The van der Waals surface area contributed by atoms with Gasteiger partial charge in [0.05, 0.1) is 0 Å². The summed E-state index contributed by atoms with van der Waals surface area (Å²) < 4.78 is 0. The van der Waals surface area contributed by atoms with Gasteiger partial charge in [-0.25, -0.2) is 0 Å². The standard InChI is InChI=1S/C11H20N2O3/c1-8(11(12)16)7-13-4-2-9(3-5-13)6-10(14)15/h8-9H,2-7H2,1H3,(H2,12,16)(H,14,15). The van der Waals surface area contributed by atoms with Gasteiger partial charge in [-0.2, -0.15) is 0 Å². The molecule has 1 unspecified atom stereocenters. The maximum absolute atomic E-state index is 10.9. The highest BCUT2D eigenvalue weighted by Crippen LogP contribution is 2.20. The molecule has 5 heteroatoms. The Kier molecular flexibility index (Phi) is 4.73. The second-order valence-electron chi connectivity index (χ2n) is 4.65. The summed E-state index contributed by atoms with van der Waals surface area (Å²) in [5.41, 5.74) is 5.20. The van der Waals surface area contributed by atoms with Gasteiger partial charge < -0.3 is 15.7 Å². The molecule has 1 atom stereocenters. The Balaban J connectivity index is 2.26. The normalized spacial score (nSPS) is 20.6. The minimum Gasteiger partial charge on any atom is -0.481 e. The lowest BCUT2D eigenvalue weighted by Gasteiger charge is -2.32. The molecule has 0 aromatic heterocycles. The summed E-state index contributed by atoms with van der Waals surface area (Å²) in [4.78, 5) is 23.6. The number of primary amides is 1. The fourth-order valence-corrected chi connectivity index (χ4v) is 2.10. The molecule has 0 saturated carbocycles. The third-order valence-corrected chi connectivity index (χ3v) is 3.19. The molecule has 1 amide bonds. The van der Waals surface area contributed by atoms with Gasteiger partial charge in [-0.05, 0) is 31.8 Å². The lowest BCUT2D eigenvalue weighted by Crippen LogP contribution is -2.40. The van der Waals surface area contributed by atoms with E-state index in [-0.39, 0.29) is 24.2 Å². The van der Waals surface area contributed by atoms with E-state index in [0.717, 1.165) is 25.9 Å². The summed E-state index contributed by atoms with van der Waals surface area (Å²) in [6.45, 7) is 4.26. The van der Waals surface area contributed by atoms with Crippen LogP contribution in [0.25, 0.3) is 0 Å². The summed E-state index contributed by atoms with van der Waals surface area (Å²) in [5, 5.41) is 8.68. The van der Waals surface area contributed by atoms with Crippen molar-refractivity contribution in [3.05, 3.63) is 0 Å². The Morgan fingerprint density at radius 2 is 2.00 bits per heavy atom. The van der Waals surface area contributed by atoms with E-state index < -0.39 is 5.97 Å². The highest BCUT2D eigenvalue weighted by molar-refractivity contribution is 5.76. The molecule has 0 spiro atoms. The Labute approximate surface area is 95.6 Å². The maximum Gasteiger partial charge on any atom is 0.303 e.